The van der Waals surface area contributed by atoms with Gasteiger partial charge in [-0.15, -0.1) is 0 Å². The third-order valence-electron chi connectivity index (χ3n) is 2.29. The van der Waals surface area contributed by atoms with Gasteiger partial charge in [0, 0.05) is 13.2 Å². The molecular formula is C8H10N6O2. The molecule has 16 heavy (non-hydrogen) atoms. The minimum Gasteiger partial charge on any atom is -0.378 e. The molecule has 0 amide bonds. The molecular weight excluding hydrogens is 212 g/mol. The monoisotopic (exact) mass is 222 g/mol. The number of hydrogen-bond donors (Lipinski definition) is 1. The lowest BCUT2D eigenvalue weighted by atomic mass is 10.4. The Kier molecular flexibility index (Phi) is 2.31. The van der Waals surface area contributed by atoms with Crippen molar-refractivity contribution in [1.29, 1.82) is 0 Å². The van der Waals surface area contributed by atoms with Crippen molar-refractivity contribution in [3.63, 3.8) is 0 Å². The molecule has 0 saturated carbocycles. The highest BCUT2D eigenvalue weighted by atomic mass is 16.6. The van der Waals surface area contributed by atoms with E-state index in [2.05, 4.69) is 10.2 Å². The molecule has 2 heterocycles. The summed E-state index contributed by atoms with van der Waals surface area (Å²) in [6.45, 7) is 0.357. The molecule has 0 aliphatic carbocycles. The highest BCUT2D eigenvalue weighted by molar-refractivity contribution is 5.51. The fourth-order valence-electron chi connectivity index (χ4n) is 1.36. The maximum Gasteiger partial charge on any atom is 0.330 e. The van der Waals surface area contributed by atoms with Gasteiger partial charge in [-0.2, -0.15) is 10.2 Å². The van der Waals surface area contributed by atoms with Crippen LogP contribution in [0.25, 0.3) is 0 Å². The molecule has 0 unspecified atom stereocenters. The van der Waals surface area contributed by atoms with Gasteiger partial charge in [0.05, 0.1) is 17.2 Å². The maximum atomic E-state index is 10.6. The van der Waals surface area contributed by atoms with Crippen molar-refractivity contribution in [2.24, 2.45) is 7.05 Å². The van der Waals surface area contributed by atoms with E-state index in [1.807, 2.05) is 0 Å². The van der Waals surface area contributed by atoms with E-state index in [4.69, 9.17) is 5.73 Å². The van der Waals surface area contributed by atoms with E-state index in [9.17, 15) is 10.1 Å². The first-order chi connectivity index (χ1) is 7.59. The quantitative estimate of drug-likeness (QED) is 0.588. The Bertz CT molecular complexity index is 528. The smallest absolute Gasteiger partial charge is 0.330 e. The fourth-order valence-corrected chi connectivity index (χ4v) is 1.36. The largest absolute Gasteiger partial charge is 0.378 e. The number of rotatable bonds is 3. The lowest BCUT2D eigenvalue weighted by molar-refractivity contribution is -0.384. The van der Waals surface area contributed by atoms with Gasteiger partial charge in [0.2, 0.25) is 5.82 Å². The predicted molar refractivity (Wildman–Crippen MR) is 55.6 cm³/mol. The van der Waals surface area contributed by atoms with E-state index >= 15 is 0 Å². The zero-order chi connectivity index (χ0) is 11.7. The van der Waals surface area contributed by atoms with Crippen LogP contribution in [-0.2, 0) is 13.6 Å². The number of nitrogen functional groups attached to an aromatic ring is 1. The average molecular weight is 222 g/mol. The van der Waals surface area contributed by atoms with Crippen molar-refractivity contribution in [3.05, 3.63) is 34.3 Å². The molecule has 8 nitrogen and oxygen atoms in total. The molecule has 0 radical (unpaired) electrons. The summed E-state index contributed by atoms with van der Waals surface area (Å²) in [6.07, 6.45) is 2.79. The summed E-state index contributed by atoms with van der Waals surface area (Å²) in [4.78, 5) is 10.0. The molecule has 0 spiro atoms. The van der Waals surface area contributed by atoms with Crippen LogP contribution in [0.1, 0.15) is 5.69 Å². The standard InChI is InChI=1S/C8H10N6O2/c1-12-6(2-3-10-12)5-13-8(9)7(4-11-13)14(15)16/h2-4H,5,9H2,1H3. The van der Waals surface area contributed by atoms with Gasteiger partial charge in [-0.25, -0.2) is 4.68 Å². The Balaban J connectivity index is 2.29. The lowest BCUT2D eigenvalue weighted by Gasteiger charge is -2.03. The van der Waals surface area contributed by atoms with Crippen LogP contribution >= 0.6 is 0 Å². The first-order valence-corrected chi connectivity index (χ1v) is 4.52. The van der Waals surface area contributed by atoms with Crippen LogP contribution in [0.15, 0.2) is 18.5 Å². The molecule has 2 rings (SSSR count). The number of nitro groups is 1. The summed E-state index contributed by atoms with van der Waals surface area (Å²) in [5.74, 6) is 0.0474. The summed E-state index contributed by atoms with van der Waals surface area (Å²) in [6, 6.07) is 1.80. The Morgan fingerprint density at radius 1 is 1.56 bits per heavy atom. The maximum absolute atomic E-state index is 10.6. The van der Waals surface area contributed by atoms with E-state index in [1.165, 1.54) is 4.68 Å². The van der Waals surface area contributed by atoms with Gasteiger partial charge in [-0.3, -0.25) is 14.8 Å². The second-order valence-electron chi connectivity index (χ2n) is 3.28. The third kappa shape index (κ3) is 1.60. The van der Waals surface area contributed by atoms with E-state index in [0.717, 1.165) is 11.9 Å². The molecule has 0 aliphatic heterocycles. The van der Waals surface area contributed by atoms with Crippen LogP contribution in [-0.4, -0.2) is 24.5 Å². The van der Waals surface area contributed by atoms with Crippen LogP contribution in [0.4, 0.5) is 11.5 Å². The molecule has 8 heteroatoms. The van der Waals surface area contributed by atoms with Crippen molar-refractivity contribution < 1.29 is 4.92 Å². The summed E-state index contributed by atoms with van der Waals surface area (Å²) in [7, 11) is 1.78. The SMILES string of the molecule is Cn1nccc1Cn1ncc([N+](=O)[O-])c1N. The average Bonchev–Trinajstić information content (AvgIpc) is 2.76. The molecule has 0 fully saturated rings. The number of nitrogens with two attached hydrogens (primary N) is 1. The van der Waals surface area contributed by atoms with Crippen LogP contribution in [0.3, 0.4) is 0 Å². The summed E-state index contributed by atoms with van der Waals surface area (Å²) >= 11 is 0. The number of aryl methyl sites for hydroxylation is 1. The first-order valence-electron chi connectivity index (χ1n) is 4.52. The Hall–Kier alpha value is -2.38. The summed E-state index contributed by atoms with van der Waals surface area (Å²) in [5, 5.41) is 18.4. The Labute approximate surface area is 90.4 Å². The van der Waals surface area contributed by atoms with Gasteiger partial charge >= 0.3 is 5.69 Å². The van der Waals surface area contributed by atoms with Crippen molar-refractivity contribution in [2.45, 2.75) is 6.54 Å². The summed E-state index contributed by atoms with van der Waals surface area (Å²) < 4.78 is 3.03. The predicted octanol–water partition coefficient (Wildman–Crippen LogP) is 0.155. The third-order valence-corrected chi connectivity index (χ3v) is 2.29. The normalized spacial score (nSPS) is 10.6. The topological polar surface area (TPSA) is 105 Å². The molecule has 0 bridgehead atoms. The van der Waals surface area contributed by atoms with Crippen LogP contribution in [0.5, 0.6) is 0 Å². The van der Waals surface area contributed by atoms with Crippen LogP contribution in [0.2, 0.25) is 0 Å². The fraction of sp³-hybridized carbons (Fsp3) is 0.250. The van der Waals surface area contributed by atoms with Gasteiger partial charge in [0.25, 0.3) is 0 Å². The Morgan fingerprint density at radius 3 is 2.81 bits per heavy atom. The van der Waals surface area contributed by atoms with Crippen molar-refractivity contribution in [3.8, 4) is 0 Å². The van der Waals surface area contributed by atoms with Crippen molar-refractivity contribution in [2.75, 3.05) is 5.73 Å². The van der Waals surface area contributed by atoms with Crippen molar-refractivity contribution in [1.82, 2.24) is 19.6 Å². The number of aromatic nitrogens is 4. The molecule has 0 aliphatic rings. The first kappa shape index (κ1) is 10.1. The second kappa shape index (κ2) is 3.65. The molecule has 0 saturated heterocycles. The molecule has 84 valence electrons. The zero-order valence-electron chi connectivity index (χ0n) is 8.57. The summed E-state index contributed by atoms with van der Waals surface area (Å²) in [5.41, 5.74) is 6.29. The second-order valence-corrected chi connectivity index (χ2v) is 3.28. The van der Waals surface area contributed by atoms with E-state index in [1.54, 1.807) is 24.0 Å². The minimum atomic E-state index is -0.553. The van der Waals surface area contributed by atoms with E-state index in [0.29, 0.717) is 6.54 Å². The van der Waals surface area contributed by atoms with E-state index < -0.39 is 4.92 Å². The number of hydrogen-bond acceptors (Lipinski definition) is 5. The molecule has 0 aromatic carbocycles. The van der Waals surface area contributed by atoms with Gasteiger partial charge in [-0.05, 0) is 6.07 Å². The molecule has 0 atom stereocenters. The highest BCUT2D eigenvalue weighted by Gasteiger charge is 2.17. The minimum absolute atomic E-state index is 0.0474. The molecule has 2 aromatic rings. The zero-order valence-corrected chi connectivity index (χ0v) is 8.57. The van der Waals surface area contributed by atoms with Crippen LogP contribution in [0, 0.1) is 10.1 Å². The van der Waals surface area contributed by atoms with Crippen molar-refractivity contribution >= 4 is 11.5 Å². The molecule has 2 N–H and O–H groups in total. The van der Waals surface area contributed by atoms with Gasteiger partial charge < -0.3 is 5.73 Å². The Morgan fingerprint density at radius 2 is 2.31 bits per heavy atom. The number of anilines is 1. The van der Waals surface area contributed by atoms with Gasteiger partial charge in [-0.1, -0.05) is 0 Å². The van der Waals surface area contributed by atoms with E-state index in [-0.39, 0.29) is 11.5 Å². The highest BCUT2D eigenvalue weighted by Crippen LogP contribution is 2.20. The number of nitrogens with zero attached hydrogens (tertiary/aromatic N) is 5. The molecule has 2 aromatic heterocycles. The van der Waals surface area contributed by atoms with Gasteiger partial charge in [0.1, 0.15) is 6.20 Å². The van der Waals surface area contributed by atoms with Crippen LogP contribution < -0.4 is 5.73 Å². The van der Waals surface area contributed by atoms with Gasteiger partial charge in [0.15, 0.2) is 0 Å². The lowest BCUT2D eigenvalue weighted by Crippen LogP contribution is -2.09.